The molecule has 5 heteroatoms. The third kappa shape index (κ3) is 3.39. The Morgan fingerprint density at radius 3 is 2.08 bits per heavy atom. The van der Waals surface area contributed by atoms with Gasteiger partial charge >= 0.3 is 0 Å². The van der Waals surface area contributed by atoms with Crippen LogP contribution in [0.5, 0.6) is 5.75 Å². The molecule has 1 fully saturated rings. The Morgan fingerprint density at radius 1 is 0.958 bits per heavy atom. The number of thioether (sulfide) groups is 2. The summed E-state index contributed by atoms with van der Waals surface area (Å²) in [5, 5.41) is 20.8. The second-order valence-electron chi connectivity index (χ2n) is 6.15. The molecule has 0 saturated carbocycles. The molecule has 1 aliphatic rings. The topological polar surface area (TPSA) is 43.7 Å². The van der Waals surface area contributed by atoms with Gasteiger partial charge in [-0.15, -0.1) is 23.5 Å². The van der Waals surface area contributed by atoms with Crippen molar-refractivity contribution in [1.82, 2.24) is 0 Å². The van der Waals surface area contributed by atoms with Gasteiger partial charge in [-0.2, -0.15) is 0 Å². The predicted octanol–water partition coefficient (Wildman–Crippen LogP) is 4.21. The fourth-order valence-corrected chi connectivity index (χ4v) is 6.29. The summed E-state index contributed by atoms with van der Waals surface area (Å²) in [6.45, 7) is 0. The lowest BCUT2D eigenvalue weighted by atomic mass is 9.99. The number of phenolic OH excluding ortho intramolecular Hbond substituents is 1. The van der Waals surface area contributed by atoms with Crippen LogP contribution in [0.15, 0.2) is 48.5 Å². The molecule has 0 amide bonds. The molecule has 1 saturated heterocycles. The molecule has 24 heavy (non-hydrogen) atoms. The van der Waals surface area contributed by atoms with E-state index in [1.165, 1.54) is 0 Å². The van der Waals surface area contributed by atoms with E-state index >= 15 is 0 Å². The molecule has 0 aliphatic carbocycles. The van der Waals surface area contributed by atoms with E-state index in [-0.39, 0.29) is 5.75 Å². The summed E-state index contributed by atoms with van der Waals surface area (Å²) < 4.78 is -0.425. The number of phenols is 1. The standard InChI is InChI=1S/C19H23NO2S2/c1-20(2)16-8-4-14(5-9-16)18(22)19(23-12-3-13-24-19)15-6-10-17(21)11-7-15/h4-11,18,21-22H,3,12-13H2,1-2H3. The minimum Gasteiger partial charge on any atom is -0.508 e. The summed E-state index contributed by atoms with van der Waals surface area (Å²) in [4.78, 5) is 2.05. The molecule has 2 aromatic carbocycles. The zero-order valence-corrected chi connectivity index (χ0v) is 15.6. The van der Waals surface area contributed by atoms with Gasteiger partial charge in [0.2, 0.25) is 0 Å². The Balaban J connectivity index is 1.97. The van der Waals surface area contributed by atoms with E-state index in [0.29, 0.717) is 0 Å². The molecule has 3 rings (SSSR count). The molecule has 2 aromatic rings. The minimum absolute atomic E-state index is 0.254. The van der Waals surface area contributed by atoms with E-state index in [2.05, 4.69) is 4.90 Å². The van der Waals surface area contributed by atoms with Crippen molar-refractivity contribution in [2.45, 2.75) is 16.6 Å². The summed E-state index contributed by atoms with van der Waals surface area (Å²) in [7, 11) is 4.02. The van der Waals surface area contributed by atoms with Crippen molar-refractivity contribution < 1.29 is 10.2 Å². The SMILES string of the molecule is CN(C)c1ccc(C(O)C2(c3ccc(O)cc3)SCCCS2)cc1. The summed E-state index contributed by atoms with van der Waals surface area (Å²) in [5.74, 6) is 2.31. The quantitative estimate of drug-likeness (QED) is 0.854. The summed E-state index contributed by atoms with van der Waals surface area (Å²) in [6.07, 6.45) is 0.551. The average molecular weight is 362 g/mol. The lowest BCUT2D eigenvalue weighted by Gasteiger charge is -2.40. The van der Waals surface area contributed by atoms with Gasteiger partial charge in [-0.25, -0.2) is 0 Å². The fraction of sp³-hybridized carbons (Fsp3) is 0.368. The van der Waals surface area contributed by atoms with Crippen molar-refractivity contribution in [1.29, 1.82) is 0 Å². The maximum atomic E-state index is 11.2. The number of rotatable bonds is 4. The van der Waals surface area contributed by atoms with Gasteiger partial charge in [-0.1, -0.05) is 24.3 Å². The zero-order chi connectivity index (χ0) is 17.2. The third-order valence-corrected chi connectivity index (χ3v) is 7.74. The minimum atomic E-state index is -0.603. The summed E-state index contributed by atoms with van der Waals surface area (Å²) in [6, 6.07) is 15.4. The van der Waals surface area contributed by atoms with Crippen molar-refractivity contribution in [2.75, 3.05) is 30.5 Å². The number of anilines is 1. The van der Waals surface area contributed by atoms with Gasteiger partial charge in [-0.3, -0.25) is 0 Å². The third-order valence-electron chi connectivity index (χ3n) is 4.28. The lowest BCUT2D eigenvalue weighted by molar-refractivity contribution is 0.163. The van der Waals surface area contributed by atoms with Gasteiger partial charge in [0, 0.05) is 19.8 Å². The fourth-order valence-electron chi connectivity index (χ4n) is 2.90. The van der Waals surface area contributed by atoms with Crippen LogP contribution >= 0.6 is 23.5 Å². The number of aliphatic hydroxyl groups is 1. The first-order valence-corrected chi connectivity index (χ1v) is 10.0. The first-order valence-electron chi connectivity index (χ1n) is 8.06. The van der Waals surface area contributed by atoms with Crippen LogP contribution in [-0.2, 0) is 4.08 Å². The number of nitrogens with zero attached hydrogens (tertiary/aromatic N) is 1. The lowest BCUT2D eigenvalue weighted by Crippen LogP contribution is -2.30. The highest BCUT2D eigenvalue weighted by Crippen LogP contribution is 2.57. The predicted molar refractivity (Wildman–Crippen MR) is 105 cm³/mol. The largest absolute Gasteiger partial charge is 0.508 e. The average Bonchev–Trinajstić information content (AvgIpc) is 2.62. The van der Waals surface area contributed by atoms with Crippen LogP contribution in [0.2, 0.25) is 0 Å². The maximum Gasteiger partial charge on any atom is 0.116 e. The molecule has 1 aliphatic heterocycles. The zero-order valence-electron chi connectivity index (χ0n) is 14.0. The van der Waals surface area contributed by atoms with Gasteiger partial charge in [0.25, 0.3) is 0 Å². The molecular formula is C19H23NO2S2. The van der Waals surface area contributed by atoms with E-state index in [9.17, 15) is 10.2 Å². The number of hydrogen-bond donors (Lipinski definition) is 2. The van der Waals surface area contributed by atoms with Gasteiger partial charge in [0.15, 0.2) is 0 Å². The number of aliphatic hydroxyl groups excluding tert-OH is 1. The normalized spacial score (nSPS) is 18.1. The smallest absolute Gasteiger partial charge is 0.116 e. The highest BCUT2D eigenvalue weighted by molar-refractivity contribution is 8.18. The van der Waals surface area contributed by atoms with Gasteiger partial charge in [0.1, 0.15) is 15.9 Å². The molecular weight excluding hydrogens is 338 g/mol. The summed E-state index contributed by atoms with van der Waals surface area (Å²) in [5.41, 5.74) is 3.10. The van der Waals surface area contributed by atoms with Crippen molar-refractivity contribution >= 4 is 29.2 Å². The van der Waals surface area contributed by atoms with E-state index < -0.39 is 10.2 Å². The molecule has 128 valence electrons. The number of aromatic hydroxyl groups is 1. The molecule has 1 unspecified atom stereocenters. The van der Waals surface area contributed by atoms with E-state index in [1.54, 1.807) is 35.7 Å². The van der Waals surface area contributed by atoms with E-state index in [1.807, 2.05) is 50.5 Å². The number of hydrogen-bond acceptors (Lipinski definition) is 5. The molecule has 3 nitrogen and oxygen atoms in total. The maximum absolute atomic E-state index is 11.2. The van der Waals surface area contributed by atoms with Gasteiger partial charge < -0.3 is 15.1 Å². The van der Waals surface area contributed by atoms with Crippen LogP contribution in [0.1, 0.15) is 23.7 Å². The Hall–Kier alpha value is -1.30. The van der Waals surface area contributed by atoms with E-state index in [0.717, 1.165) is 34.7 Å². The molecule has 2 N–H and O–H groups in total. The van der Waals surface area contributed by atoms with Crippen molar-refractivity contribution in [3.05, 3.63) is 59.7 Å². The van der Waals surface area contributed by atoms with Crippen LogP contribution in [0.3, 0.4) is 0 Å². The molecule has 1 heterocycles. The van der Waals surface area contributed by atoms with Crippen LogP contribution in [0.4, 0.5) is 5.69 Å². The first-order chi connectivity index (χ1) is 11.5. The van der Waals surface area contributed by atoms with Gasteiger partial charge in [-0.05, 0) is 53.3 Å². The Labute approximate surface area is 152 Å². The Kier molecular flexibility index (Phi) is 5.33. The van der Waals surface area contributed by atoms with Crippen molar-refractivity contribution in [2.24, 2.45) is 0 Å². The Bertz CT molecular complexity index is 665. The second kappa shape index (κ2) is 7.30. The Morgan fingerprint density at radius 2 is 1.54 bits per heavy atom. The molecule has 0 radical (unpaired) electrons. The highest BCUT2D eigenvalue weighted by atomic mass is 32.2. The highest BCUT2D eigenvalue weighted by Gasteiger charge is 2.43. The molecule has 1 atom stereocenters. The molecule has 0 bridgehead atoms. The molecule has 0 aromatic heterocycles. The van der Waals surface area contributed by atoms with Crippen LogP contribution in [-0.4, -0.2) is 35.8 Å². The van der Waals surface area contributed by atoms with Crippen molar-refractivity contribution in [3.8, 4) is 5.75 Å². The molecule has 0 spiro atoms. The number of benzene rings is 2. The van der Waals surface area contributed by atoms with Crippen LogP contribution in [0.25, 0.3) is 0 Å². The first kappa shape index (κ1) is 17.5. The van der Waals surface area contributed by atoms with Gasteiger partial charge in [0.05, 0.1) is 0 Å². The van der Waals surface area contributed by atoms with Crippen LogP contribution in [0, 0.1) is 0 Å². The summed E-state index contributed by atoms with van der Waals surface area (Å²) >= 11 is 3.61. The van der Waals surface area contributed by atoms with E-state index in [4.69, 9.17) is 0 Å². The van der Waals surface area contributed by atoms with Crippen molar-refractivity contribution in [3.63, 3.8) is 0 Å². The monoisotopic (exact) mass is 361 g/mol. The second-order valence-corrected chi connectivity index (χ2v) is 9.09. The van der Waals surface area contributed by atoms with Crippen LogP contribution < -0.4 is 4.90 Å².